The Kier molecular flexibility index (Phi) is 3.33. The summed E-state index contributed by atoms with van der Waals surface area (Å²) in [6, 6.07) is 1.07. The zero-order chi connectivity index (χ0) is 10.7. The first-order valence-electron chi connectivity index (χ1n) is 6.16. The number of nitrogens with one attached hydrogen (secondary N) is 1. The van der Waals surface area contributed by atoms with Gasteiger partial charge in [-0.3, -0.25) is 0 Å². The van der Waals surface area contributed by atoms with Gasteiger partial charge in [0.2, 0.25) is 0 Å². The molecule has 2 saturated heterocycles. The van der Waals surface area contributed by atoms with Gasteiger partial charge in [0.15, 0.2) is 0 Å². The third kappa shape index (κ3) is 2.74. The second-order valence-electron chi connectivity index (χ2n) is 5.01. The monoisotopic (exact) mass is 207 g/mol. The van der Waals surface area contributed by atoms with Crippen LogP contribution in [0.15, 0.2) is 0 Å². The summed E-state index contributed by atoms with van der Waals surface area (Å²) in [5, 5.41) is 14.1. The Morgan fingerprint density at radius 2 is 1.93 bits per heavy atom. The Morgan fingerprint density at radius 3 is 2.53 bits per heavy atom. The van der Waals surface area contributed by atoms with Crippen molar-refractivity contribution in [2.75, 3.05) is 0 Å². The lowest BCUT2D eigenvalue weighted by Gasteiger charge is -2.44. The highest BCUT2D eigenvalue weighted by atomic mass is 16.3. The fourth-order valence-corrected chi connectivity index (χ4v) is 2.93. The Balaban J connectivity index is 1.96. The SMILES string of the molecule is CCC#CCC1(O)CC2CCCC(C1)N2. The molecule has 2 aliphatic heterocycles. The molecule has 84 valence electrons. The average molecular weight is 207 g/mol. The Bertz CT molecular complexity index is 264. The molecule has 2 N–H and O–H groups in total. The fraction of sp³-hybridized carbons (Fsp3) is 0.846. The molecule has 2 aliphatic rings. The Labute approximate surface area is 92.5 Å². The maximum atomic E-state index is 10.5. The molecule has 0 radical (unpaired) electrons. The van der Waals surface area contributed by atoms with Gasteiger partial charge in [0.25, 0.3) is 0 Å². The van der Waals surface area contributed by atoms with Crippen LogP contribution >= 0.6 is 0 Å². The molecule has 2 fully saturated rings. The minimum atomic E-state index is -0.511. The molecule has 0 aromatic carbocycles. The van der Waals surface area contributed by atoms with E-state index in [4.69, 9.17) is 0 Å². The van der Waals surface area contributed by atoms with E-state index in [0.717, 1.165) is 19.3 Å². The Morgan fingerprint density at radius 1 is 1.27 bits per heavy atom. The van der Waals surface area contributed by atoms with E-state index in [1.807, 2.05) is 6.92 Å². The standard InChI is InChI=1S/C13H21NO/c1-2-3-4-8-13(15)9-11-6-5-7-12(10-13)14-11/h11-12,14-15H,2,5-10H2,1H3. The van der Waals surface area contributed by atoms with Crippen LogP contribution in [0.4, 0.5) is 0 Å². The zero-order valence-electron chi connectivity index (χ0n) is 9.55. The largest absolute Gasteiger partial charge is 0.389 e. The van der Waals surface area contributed by atoms with Crippen molar-refractivity contribution in [2.45, 2.75) is 69.6 Å². The third-order valence-corrected chi connectivity index (χ3v) is 3.55. The lowest BCUT2D eigenvalue weighted by molar-refractivity contribution is -0.0265. The molecule has 0 amide bonds. The smallest absolute Gasteiger partial charge is 0.0786 e. The summed E-state index contributed by atoms with van der Waals surface area (Å²) < 4.78 is 0. The zero-order valence-corrected chi connectivity index (χ0v) is 9.55. The quantitative estimate of drug-likeness (QED) is 0.643. The first-order chi connectivity index (χ1) is 7.22. The summed E-state index contributed by atoms with van der Waals surface area (Å²) in [5.74, 6) is 6.16. The van der Waals surface area contributed by atoms with E-state index in [1.165, 1.54) is 19.3 Å². The van der Waals surface area contributed by atoms with Gasteiger partial charge in [-0.2, -0.15) is 0 Å². The lowest BCUT2D eigenvalue weighted by Crippen LogP contribution is -2.55. The van der Waals surface area contributed by atoms with Crippen LogP contribution in [0.3, 0.4) is 0 Å². The highest BCUT2D eigenvalue weighted by molar-refractivity contribution is 5.07. The van der Waals surface area contributed by atoms with Crippen molar-refractivity contribution < 1.29 is 5.11 Å². The Hall–Kier alpha value is -0.520. The molecular weight excluding hydrogens is 186 g/mol. The van der Waals surface area contributed by atoms with Crippen molar-refractivity contribution in [1.82, 2.24) is 5.32 Å². The second-order valence-corrected chi connectivity index (χ2v) is 5.01. The molecule has 2 nitrogen and oxygen atoms in total. The van der Waals surface area contributed by atoms with Crippen LogP contribution in [0.2, 0.25) is 0 Å². The predicted octanol–water partition coefficient (Wildman–Crippen LogP) is 1.83. The molecule has 0 aliphatic carbocycles. The van der Waals surface area contributed by atoms with Crippen molar-refractivity contribution in [3.05, 3.63) is 0 Å². The van der Waals surface area contributed by atoms with Crippen LogP contribution in [0.5, 0.6) is 0 Å². The van der Waals surface area contributed by atoms with Gasteiger partial charge in [0, 0.05) is 24.9 Å². The van der Waals surface area contributed by atoms with E-state index in [9.17, 15) is 5.11 Å². The summed E-state index contributed by atoms with van der Waals surface area (Å²) in [7, 11) is 0. The number of piperidine rings is 2. The van der Waals surface area contributed by atoms with Crippen molar-refractivity contribution in [3.8, 4) is 11.8 Å². The van der Waals surface area contributed by atoms with E-state index in [1.54, 1.807) is 0 Å². The molecule has 2 bridgehead atoms. The van der Waals surface area contributed by atoms with Crippen molar-refractivity contribution in [2.24, 2.45) is 0 Å². The molecular formula is C13H21NO. The van der Waals surface area contributed by atoms with Gasteiger partial charge in [0.1, 0.15) is 0 Å². The summed E-state index contributed by atoms with van der Waals surface area (Å²) in [5.41, 5.74) is -0.511. The predicted molar refractivity (Wildman–Crippen MR) is 61.4 cm³/mol. The second kappa shape index (κ2) is 4.55. The first-order valence-corrected chi connectivity index (χ1v) is 6.16. The highest BCUT2D eigenvalue weighted by Crippen LogP contribution is 2.34. The summed E-state index contributed by atoms with van der Waals surface area (Å²) in [6.07, 6.45) is 7.10. The molecule has 15 heavy (non-hydrogen) atoms. The third-order valence-electron chi connectivity index (χ3n) is 3.55. The maximum Gasteiger partial charge on any atom is 0.0786 e. The van der Waals surface area contributed by atoms with E-state index in [-0.39, 0.29) is 0 Å². The minimum absolute atomic E-state index is 0.511. The fourth-order valence-electron chi connectivity index (χ4n) is 2.93. The molecule has 0 aromatic heterocycles. The number of fused-ring (bicyclic) bond motifs is 2. The first kappa shape index (κ1) is 11.0. The molecule has 0 spiro atoms. The van der Waals surface area contributed by atoms with Crippen LogP contribution in [0, 0.1) is 11.8 Å². The van der Waals surface area contributed by atoms with E-state index >= 15 is 0 Å². The van der Waals surface area contributed by atoms with Gasteiger partial charge in [-0.05, 0) is 25.7 Å². The molecule has 0 saturated carbocycles. The maximum absolute atomic E-state index is 10.5. The topological polar surface area (TPSA) is 32.3 Å². The molecule has 2 unspecified atom stereocenters. The van der Waals surface area contributed by atoms with Gasteiger partial charge in [-0.25, -0.2) is 0 Å². The number of aliphatic hydroxyl groups is 1. The normalized spacial score (nSPS) is 39.3. The number of hydrogen-bond acceptors (Lipinski definition) is 2. The van der Waals surface area contributed by atoms with Crippen molar-refractivity contribution >= 4 is 0 Å². The summed E-state index contributed by atoms with van der Waals surface area (Å²) in [6.45, 7) is 2.05. The van der Waals surface area contributed by atoms with Crippen LogP contribution in [0.1, 0.15) is 51.9 Å². The van der Waals surface area contributed by atoms with Gasteiger partial charge < -0.3 is 10.4 Å². The molecule has 2 heteroatoms. The number of hydrogen-bond donors (Lipinski definition) is 2. The van der Waals surface area contributed by atoms with Gasteiger partial charge in [0.05, 0.1) is 5.60 Å². The van der Waals surface area contributed by atoms with Crippen LogP contribution in [-0.4, -0.2) is 22.8 Å². The molecule has 2 heterocycles. The lowest BCUT2D eigenvalue weighted by atomic mass is 9.76. The highest BCUT2D eigenvalue weighted by Gasteiger charge is 2.39. The van der Waals surface area contributed by atoms with Crippen LogP contribution in [0.25, 0.3) is 0 Å². The van der Waals surface area contributed by atoms with E-state index < -0.39 is 5.60 Å². The molecule has 2 rings (SSSR count). The summed E-state index contributed by atoms with van der Waals surface area (Å²) >= 11 is 0. The molecule has 2 atom stereocenters. The minimum Gasteiger partial charge on any atom is -0.389 e. The van der Waals surface area contributed by atoms with E-state index in [2.05, 4.69) is 17.2 Å². The number of rotatable bonds is 1. The van der Waals surface area contributed by atoms with Gasteiger partial charge in [-0.15, -0.1) is 11.8 Å². The average Bonchev–Trinajstić information content (AvgIpc) is 2.17. The molecule has 0 aromatic rings. The summed E-state index contributed by atoms with van der Waals surface area (Å²) in [4.78, 5) is 0. The van der Waals surface area contributed by atoms with Gasteiger partial charge >= 0.3 is 0 Å². The van der Waals surface area contributed by atoms with E-state index in [0.29, 0.717) is 18.5 Å². The van der Waals surface area contributed by atoms with Gasteiger partial charge in [-0.1, -0.05) is 13.3 Å². The van der Waals surface area contributed by atoms with Crippen molar-refractivity contribution in [3.63, 3.8) is 0 Å². The van der Waals surface area contributed by atoms with Crippen LogP contribution < -0.4 is 5.32 Å². The van der Waals surface area contributed by atoms with Crippen molar-refractivity contribution in [1.29, 1.82) is 0 Å². The van der Waals surface area contributed by atoms with Crippen LogP contribution in [-0.2, 0) is 0 Å².